The zero-order valence-electron chi connectivity index (χ0n) is 10.6. The summed E-state index contributed by atoms with van der Waals surface area (Å²) >= 11 is 3.02. The minimum absolute atomic E-state index is 0.0127. The highest BCUT2D eigenvalue weighted by atomic mass is 79.9. The largest absolute Gasteiger partial charge is 0.398 e. The molecule has 0 fully saturated rings. The molecule has 0 heterocycles. The fourth-order valence-electron chi connectivity index (χ4n) is 1.17. The molecule has 0 unspecified atom stereocenters. The van der Waals surface area contributed by atoms with Gasteiger partial charge in [0, 0.05) is 28.7 Å². The van der Waals surface area contributed by atoms with Crippen molar-refractivity contribution in [2.75, 3.05) is 18.9 Å². The molecule has 0 bridgehead atoms. The highest BCUT2D eigenvalue weighted by Crippen LogP contribution is 2.26. The van der Waals surface area contributed by atoms with Crippen LogP contribution in [-0.2, 0) is 10.0 Å². The van der Waals surface area contributed by atoms with Gasteiger partial charge in [-0.1, -0.05) is 13.8 Å². The monoisotopic (exact) mass is 354 g/mol. The molecule has 4 N–H and O–H groups in total. The Morgan fingerprint density at radius 2 is 2.05 bits per heavy atom. The van der Waals surface area contributed by atoms with Gasteiger partial charge in [0.1, 0.15) is 10.7 Å². The molecular formula is C11H16BrFN2O3S. The lowest BCUT2D eigenvalue weighted by molar-refractivity contribution is 0.163. The maximum Gasteiger partial charge on any atom is 0.243 e. The van der Waals surface area contributed by atoms with Gasteiger partial charge < -0.3 is 10.8 Å². The Kier molecular flexibility index (Phi) is 4.94. The van der Waals surface area contributed by atoms with Crippen LogP contribution in [0.25, 0.3) is 0 Å². The van der Waals surface area contributed by atoms with Crippen LogP contribution < -0.4 is 10.5 Å². The normalized spacial score (nSPS) is 12.7. The van der Waals surface area contributed by atoms with Gasteiger partial charge in [0.25, 0.3) is 0 Å². The Morgan fingerprint density at radius 1 is 1.47 bits per heavy atom. The van der Waals surface area contributed by atoms with Gasteiger partial charge in [0.15, 0.2) is 0 Å². The third kappa shape index (κ3) is 4.13. The van der Waals surface area contributed by atoms with Crippen LogP contribution in [-0.4, -0.2) is 26.7 Å². The topological polar surface area (TPSA) is 92.4 Å². The molecule has 0 radical (unpaired) electrons. The number of aliphatic hydroxyl groups is 1. The van der Waals surface area contributed by atoms with E-state index in [0.717, 1.165) is 12.1 Å². The van der Waals surface area contributed by atoms with E-state index in [-0.39, 0.29) is 18.8 Å². The molecule has 1 aromatic rings. The molecule has 0 atom stereocenters. The van der Waals surface area contributed by atoms with Crippen LogP contribution >= 0.6 is 15.9 Å². The highest BCUT2D eigenvalue weighted by molar-refractivity contribution is 9.10. The zero-order chi connectivity index (χ0) is 14.8. The van der Waals surface area contributed by atoms with Crippen molar-refractivity contribution >= 4 is 31.6 Å². The third-order valence-electron chi connectivity index (χ3n) is 2.51. The minimum Gasteiger partial charge on any atom is -0.398 e. The number of aliphatic hydroxyl groups excluding tert-OH is 1. The summed E-state index contributed by atoms with van der Waals surface area (Å²) < 4.78 is 40.2. The first-order valence-corrected chi connectivity index (χ1v) is 7.72. The maximum absolute atomic E-state index is 13.7. The molecule has 1 rings (SSSR count). The van der Waals surface area contributed by atoms with Crippen LogP contribution in [0.15, 0.2) is 21.5 Å². The molecule has 19 heavy (non-hydrogen) atoms. The van der Waals surface area contributed by atoms with Crippen LogP contribution in [0.4, 0.5) is 10.1 Å². The van der Waals surface area contributed by atoms with E-state index in [1.807, 2.05) is 0 Å². The number of hydrogen-bond acceptors (Lipinski definition) is 4. The minimum atomic E-state index is -4.01. The summed E-state index contributed by atoms with van der Waals surface area (Å²) in [6.45, 7) is 3.16. The number of sulfonamides is 1. The number of nitrogen functional groups attached to an aromatic ring is 1. The first kappa shape index (κ1) is 16.4. The average molecular weight is 355 g/mol. The van der Waals surface area contributed by atoms with Gasteiger partial charge in [-0.2, -0.15) is 0 Å². The van der Waals surface area contributed by atoms with E-state index in [2.05, 4.69) is 20.7 Å². The molecule has 1 aromatic carbocycles. The van der Waals surface area contributed by atoms with Crippen molar-refractivity contribution in [3.8, 4) is 0 Å². The Balaban J connectivity index is 3.05. The van der Waals surface area contributed by atoms with Crippen LogP contribution in [0.3, 0.4) is 0 Å². The van der Waals surface area contributed by atoms with Gasteiger partial charge in [-0.05, 0) is 28.1 Å². The lowest BCUT2D eigenvalue weighted by atomic mass is 9.96. The third-order valence-corrected chi connectivity index (χ3v) is 4.61. The number of nitrogens with two attached hydrogens (primary N) is 1. The Hall–Kier alpha value is -0.700. The molecule has 0 saturated heterocycles. The molecule has 5 nitrogen and oxygen atoms in total. The van der Waals surface area contributed by atoms with Crippen molar-refractivity contribution in [3.05, 3.63) is 22.4 Å². The van der Waals surface area contributed by atoms with Crippen molar-refractivity contribution in [2.45, 2.75) is 18.7 Å². The predicted octanol–water partition coefficient (Wildman–Crippen LogP) is 1.47. The Morgan fingerprint density at radius 3 is 2.58 bits per heavy atom. The zero-order valence-corrected chi connectivity index (χ0v) is 13.0. The standard InChI is InChI=1S/C11H16BrFN2O3S/c1-11(2,6-16)5-15-19(17,18)10-4-9(14)7(12)3-8(10)13/h3-4,15-16H,5-6,14H2,1-2H3. The quantitative estimate of drug-likeness (QED) is 0.698. The average Bonchev–Trinajstić information content (AvgIpc) is 2.31. The molecule has 0 aliphatic rings. The number of rotatable bonds is 5. The summed E-state index contributed by atoms with van der Waals surface area (Å²) in [5, 5.41) is 9.06. The van der Waals surface area contributed by atoms with E-state index in [9.17, 15) is 12.8 Å². The highest BCUT2D eigenvalue weighted by Gasteiger charge is 2.24. The Bertz CT molecular complexity index is 576. The van der Waals surface area contributed by atoms with Crippen LogP contribution in [0.1, 0.15) is 13.8 Å². The summed E-state index contributed by atoms with van der Waals surface area (Å²) in [5.41, 5.74) is 5.04. The molecule has 108 valence electrons. The van der Waals surface area contributed by atoms with Crippen molar-refractivity contribution < 1.29 is 17.9 Å². The summed E-state index contributed by atoms with van der Waals surface area (Å²) in [7, 11) is -4.01. The van der Waals surface area contributed by atoms with E-state index in [1.54, 1.807) is 13.8 Å². The maximum atomic E-state index is 13.7. The Labute approximate surface area is 120 Å². The SMILES string of the molecule is CC(C)(CO)CNS(=O)(=O)c1cc(N)c(Br)cc1F. The van der Waals surface area contributed by atoms with Gasteiger partial charge >= 0.3 is 0 Å². The lowest BCUT2D eigenvalue weighted by Gasteiger charge is -2.22. The first-order valence-electron chi connectivity index (χ1n) is 5.44. The second kappa shape index (κ2) is 5.74. The van der Waals surface area contributed by atoms with Crippen LogP contribution in [0, 0.1) is 11.2 Å². The van der Waals surface area contributed by atoms with Gasteiger partial charge in [-0.3, -0.25) is 0 Å². The summed E-state index contributed by atoms with van der Waals surface area (Å²) in [6.07, 6.45) is 0. The molecule has 0 spiro atoms. The number of nitrogens with one attached hydrogen (secondary N) is 1. The smallest absolute Gasteiger partial charge is 0.243 e. The molecule has 0 aliphatic carbocycles. The van der Waals surface area contributed by atoms with Crippen molar-refractivity contribution in [1.29, 1.82) is 0 Å². The van der Waals surface area contributed by atoms with E-state index >= 15 is 0 Å². The van der Waals surface area contributed by atoms with E-state index in [1.165, 1.54) is 0 Å². The van der Waals surface area contributed by atoms with Crippen LogP contribution in [0.2, 0.25) is 0 Å². The molecule has 0 aliphatic heterocycles. The second-order valence-corrected chi connectivity index (χ2v) is 7.54. The van der Waals surface area contributed by atoms with Gasteiger partial charge in [0.2, 0.25) is 10.0 Å². The number of benzene rings is 1. The number of halogens is 2. The molecule has 8 heteroatoms. The molecule has 0 aromatic heterocycles. The fraction of sp³-hybridized carbons (Fsp3) is 0.455. The fourth-order valence-corrected chi connectivity index (χ4v) is 2.82. The van der Waals surface area contributed by atoms with E-state index in [0.29, 0.717) is 4.47 Å². The van der Waals surface area contributed by atoms with Crippen molar-refractivity contribution in [1.82, 2.24) is 4.72 Å². The lowest BCUT2D eigenvalue weighted by Crippen LogP contribution is -2.36. The summed E-state index contributed by atoms with van der Waals surface area (Å²) in [5.74, 6) is -0.893. The molecule has 0 saturated carbocycles. The van der Waals surface area contributed by atoms with Gasteiger partial charge in [-0.25, -0.2) is 17.5 Å². The molecule has 0 amide bonds. The van der Waals surface area contributed by atoms with E-state index in [4.69, 9.17) is 10.8 Å². The number of hydrogen-bond donors (Lipinski definition) is 3. The van der Waals surface area contributed by atoms with Gasteiger partial charge in [-0.15, -0.1) is 0 Å². The first-order chi connectivity index (χ1) is 8.59. The van der Waals surface area contributed by atoms with Crippen molar-refractivity contribution in [3.63, 3.8) is 0 Å². The molecular weight excluding hydrogens is 339 g/mol. The van der Waals surface area contributed by atoms with Gasteiger partial charge in [0.05, 0.1) is 0 Å². The summed E-state index contributed by atoms with van der Waals surface area (Å²) in [4.78, 5) is -0.512. The number of anilines is 1. The van der Waals surface area contributed by atoms with E-state index < -0.39 is 26.2 Å². The van der Waals surface area contributed by atoms with Crippen molar-refractivity contribution in [2.24, 2.45) is 5.41 Å². The summed E-state index contributed by atoms with van der Waals surface area (Å²) in [6, 6.07) is 2.05. The predicted molar refractivity (Wildman–Crippen MR) is 74.6 cm³/mol. The van der Waals surface area contributed by atoms with Crippen LogP contribution in [0.5, 0.6) is 0 Å². The second-order valence-electron chi connectivity index (χ2n) is 4.95.